The van der Waals surface area contributed by atoms with Crippen molar-refractivity contribution in [2.45, 2.75) is 102 Å². The molecule has 4 atom stereocenters. The summed E-state index contributed by atoms with van der Waals surface area (Å²) in [4.78, 5) is 11.7. The predicted molar refractivity (Wildman–Crippen MR) is 98.5 cm³/mol. The molecular weight excluding hydrogens is 320 g/mol. The van der Waals surface area contributed by atoms with Crippen LogP contribution in [0, 0.1) is 0 Å². The average Bonchev–Trinajstić information content (AvgIpc) is 2.77. The molecule has 0 N–H and O–H groups in total. The van der Waals surface area contributed by atoms with Crippen LogP contribution < -0.4 is 0 Å². The molecule has 2 heterocycles. The second-order valence-corrected chi connectivity index (χ2v) is 13.3. The van der Waals surface area contributed by atoms with Crippen LogP contribution >= 0.6 is 0 Å². The molecule has 2 saturated heterocycles. The van der Waals surface area contributed by atoms with Gasteiger partial charge in [-0.15, -0.1) is 0 Å². The van der Waals surface area contributed by atoms with Crippen molar-refractivity contribution in [1.82, 2.24) is 0 Å². The molecule has 2 aliphatic rings. The Morgan fingerprint density at radius 2 is 2.04 bits per heavy atom. The fraction of sp³-hybridized carbons (Fsp3) is 0.842. The lowest BCUT2D eigenvalue weighted by atomic mass is 10.0. The van der Waals surface area contributed by atoms with Gasteiger partial charge in [0.1, 0.15) is 6.10 Å². The van der Waals surface area contributed by atoms with Gasteiger partial charge in [-0.3, -0.25) is 4.79 Å². The van der Waals surface area contributed by atoms with Gasteiger partial charge in [0, 0.05) is 12.8 Å². The van der Waals surface area contributed by atoms with Crippen LogP contribution in [0.15, 0.2) is 12.2 Å². The Balaban J connectivity index is 2.11. The lowest BCUT2D eigenvalue weighted by molar-refractivity contribution is -0.149. The first-order valence-corrected chi connectivity index (χ1v) is 12.2. The highest BCUT2D eigenvalue weighted by Gasteiger charge is 2.45. The van der Waals surface area contributed by atoms with Crippen molar-refractivity contribution in [3.8, 4) is 0 Å². The van der Waals surface area contributed by atoms with Gasteiger partial charge in [0.15, 0.2) is 8.32 Å². The summed E-state index contributed by atoms with van der Waals surface area (Å²) in [6.45, 7) is 13.4. The first kappa shape index (κ1) is 19.7. The number of hydrogen-bond donors (Lipinski definition) is 0. The molecule has 138 valence electrons. The summed E-state index contributed by atoms with van der Waals surface area (Å²) in [5, 5.41) is 0.153. The zero-order valence-corrected chi connectivity index (χ0v) is 17.1. The highest BCUT2D eigenvalue weighted by molar-refractivity contribution is 6.74. The van der Waals surface area contributed by atoms with Gasteiger partial charge in [0.05, 0.1) is 18.3 Å². The molecule has 0 saturated carbocycles. The van der Waals surface area contributed by atoms with E-state index in [1.807, 2.05) is 0 Å². The van der Waals surface area contributed by atoms with Crippen LogP contribution in [-0.4, -0.2) is 38.7 Å². The molecule has 2 rings (SSSR count). The third-order valence-electron chi connectivity index (χ3n) is 5.55. The van der Waals surface area contributed by atoms with Crippen molar-refractivity contribution in [2.75, 3.05) is 0 Å². The predicted octanol–water partition coefficient (Wildman–Crippen LogP) is 4.60. The molecule has 5 heteroatoms. The Labute approximate surface area is 148 Å². The number of esters is 1. The van der Waals surface area contributed by atoms with E-state index >= 15 is 0 Å². The van der Waals surface area contributed by atoms with E-state index in [1.54, 1.807) is 0 Å². The van der Waals surface area contributed by atoms with Crippen molar-refractivity contribution in [3.05, 3.63) is 12.2 Å². The van der Waals surface area contributed by atoms with E-state index in [0.29, 0.717) is 6.42 Å². The Kier molecular flexibility index (Phi) is 6.32. The van der Waals surface area contributed by atoms with Crippen LogP contribution in [0.2, 0.25) is 18.1 Å². The van der Waals surface area contributed by atoms with E-state index in [0.717, 1.165) is 25.7 Å². The number of carbonyl (C=O) groups is 1. The summed E-state index contributed by atoms with van der Waals surface area (Å²) in [6.07, 6.45) is 8.13. The second kappa shape index (κ2) is 7.71. The number of fused-ring (bicyclic) bond motifs is 1. The molecule has 0 aromatic rings. The lowest BCUT2D eigenvalue weighted by Crippen LogP contribution is -2.46. The molecule has 0 radical (unpaired) electrons. The van der Waals surface area contributed by atoms with E-state index in [2.05, 4.69) is 52.9 Å². The Hall–Kier alpha value is -0.653. The van der Waals surface area contributed by atoms with E-state index in [9.17, 15) is 4.79 Å². The maximum atomic E-state index is 11.7. The first-order chi connectivity index (χ1) is 11.1. The zero-order valence-electron chi connectivity index (χ0n) is 16.1. The number of allylic oxidation sites excluding steroid dienone is 1. The van der Waals surface area contributed by atoms with Crippen LogP contribution in [0.25, 0.3) is 0 Å². The third-order valence-corrected chi connectivity index (χ3v) is 10.0. The highest BCUT2D eigenvalue weighted by Crippen LogP contribution is 2.40. The van der Waals surface area contributed by atoms with Gasteiger partial charge < -0.3 is 13.9 Å². The molecule has 4 nitrogen and oxygen atoms in total. The van der Waals surface area contributed by atoms with Crippen molar-refractivity contribution >= 4 is 14.3 Å². The molecule has 4 unspecified atom stereocenters. The van der Waals surface area contributed by atoms with Gasteiger partial charge in [0.25, 0.3) is 0 Å². The van der Waals surface area contributed by atoms with Gasteiger partial charge in [-0.05, 0) is 37.4 Å². The summed E-state index contributed by atoms with van der Waals surface area (Å²) in [5.74, 6) is -0.0854. The van der Waals surface area contributed by atoms with Gasteiger partial charge in [-0.25, -0.2) is 0 Å². The number of rotatable bonds is 5. The van der Waals surface area contributed by atoms with Crippen LogP contribution in [-0.2, 0) is 18.7 Å². The summed E-state index contributed by atoms with van der Waals surface area (Å²) in [6, 6.07) is 0. The molecular formula is C19H34O4Si. The Morgan fingerprint density at radius 1 is 1.33 bits per heavy atom. The van der Waals surface area contributed by atoms with Gasteiger partial charge in [-0.1, -0.05) is 39.8 Å². The molecule has 2 aliphatic heterocycles. The van der Waals surface area contributed by atoms with Crippen molar-refractivity contribution < 1.29 is 18.7 Å². The SMILES string of the molecule is CCC=CC(O[Si](C)(C)C(C)(C)C)C1CC2OC(=O)CCCC2O1. The van der Waals surface area contributed by atoms with E-state index in [1.165, 1.54) is 0 Å². The minimum absolute atomic E-state index is 0.0252. The molecule has 0 aromatic carbocycles. The second-order valence-electron chi connectivity index (χ2n) is 8.55. The number of hydrogen-bond acceptors (Lipinski definition) is 4. The average molecular weight is 355 g/mol. The molecule has 0 aromatic heterocycles. The normalized spacial score (nSPS) is 30.1. The maximum absolute atomic E-state index is 11.7. The molecule has 0 spiro atoms. The fourth-order valence-electron chi connectivity index (χ4n) is 3.04. The highest BCUT2D eigenvalue weighted by atomic mass is 28.4. The molecule has 24 heavy (non-hydrogen) atoms. The summed E-state index contributed by atoms with van der Waals surface area (Å²) < 4.78 is 18.5. The molecule has 2 fully saturated rings. The van der Waals surface area contributed by atoms with Crippen LogP contribution in [0.1, 0.15) is 59.8 Å². The number of carbonyl (C=O) groups excluding carboxylic acids is 1. The molecule has 0 bridgehead atoms. The Morgan fingerprint density at radius 3 is 2.67 bits per heavy atom. The van der Waals surface area contributed by atoms with Crippen molar-refractivity contribution in [2.24, 2.45) is 0 Å². The van der Waals surface area contributed by atoms with E-state index in [4.69, 9.17) is 13.9 Å². The third kappa shape index (κ3) is 4.70. The van der Waals surface area contributed by atoms with Gasteiger partial charge >= 0.3 is 5.97 Å². The molecule has 0 aliphatic carbocycles. The monoisotopic (exact) mass is 354 g/mol. The summed E-state index contributed by atoms with van der Waals surface area (Å²) in [5.41, 5.74) is 0. The van der Waals surface area contributed by atoms with Crippen LogP contribution in [0.4, 0.5) is 0 Å². The van der Waals surface area contributed by atoms with Crippen molar-refractivity contribution in [3.63, 3.8) is 0 Å². The Bertz CT molecular complexity index is 466. The minimum Gasteiger partial charge on any atom is -0.459 e. The minimum atomic E-state index is -1.90. The summed E-state index contributed by atoms with van der Waals surface area (Å²) in [7, 11) is -1.90. The topological polar surface area (TPSA) is 44.8 Å². The first-order valence-electron chi connectivity index (χ1n) is 9.33. The van der Waals surface area contributed by atoms with E-state index in [-0.39, 0.29) is 35.4 Å². The van der Waals surface area contributed by atoms with Gasteiger partial charge in [0.2, 0.25) is 0 Å². The van der Waals surface area contributed by atoms with Crippen LogP contribution in [0.5, 0.6) is 0 Å². The van der Waals surface area contributed by atoms with Crippen molar-refractivity contribution in [1.29, 1.82) is 0 Å². The number of ether oxygens (including phenoxy) is 2. The fourth-order valence-corrected chi connectivity index (χ4v) is 4.30. The van der Waals surface area contributed by atoms with Crippen LogP contribution in [0.3, 0.4) is 0 Å². The maximum Gasteiger partial charge on any atom is 0.306 e. The summed E-state index contributed by atoms with van der Waals surface area (Å²) >= 11 is 0. The van der Waals surface area contributed by atoms with Gasteiger partial charge in [-0.2, -0.15) is 0 Å². The largest absolute Gasteiger partial charge is 0.459 e. The molecule has 0 amide bonds. The standard InChI is InChI=1S/C19H34O4Si/c1-7-8-10-15(23-24(5,6)19(2,3)4)17-13-16-14(21-17)11-9-12-18(20)22-16/h8,10,14-17H,7,9,11-13H2,1-6H3. The smallest absolute Gasteiger partial charge is 0.306 e. The quantitative estimate of drug-likeness (QED) is 0.411. The lowest BCUT2D eigenvalue weighted by Gasteiger charge is -2.40. The zero-order chi connectivity index (χ0) is 18.0. The van der Waals surface area contributed by atoms with E-state index < -0.39 is 8.32 Å².